The molecule has 12 rings (SSSR count). The van der Waals surface area contributed by atoms with Crippen LogP contribution in [-0.4, -0.2) is 50.7 Å². The highest BCUT2D eigenvalue weighted by molar-refractivity contribution is 5.86. The van der Waals surface area contributed by atoms with Gasteiger partial charge in [0.1, 0.15) is 28.3 Å². The van der Waals surface area contributed by atoms with Crippen molar-refractivity contribution in [1.29, 1.82) is 0 Å². The lowest BCUT2D eigenvalue weighted by atomic mass is 9.72. The molecule has 10 aromatic rings. The number of pyridine rings is 4. The van der Waals surface area contributed by atoms with Crippen molar-refractivity contribution in [2.45, 2.75) is 76.0 Å². The number of hydrogen-bond donors (Lipinski definition) is 4. The van der Waals surface area contributed by atoms with Crippen LogP contribution in [0.3, 0.4) is 0 Å². The van der Waals surface area contributed by atoms with Gasteiger partial charge in [-0.15, -0.1) is 0 Å². The minimum absolute atomic E-state index is 0.203. The summed E-state index contributed by atoms with van der Waals surface area (Å²) in [7, 11) is 0. The fraction of sp³-hybridized carbons (Fsp3) is 0.203. The molecule has 2 saturated carbocycles. The molecule has 6 aromatic heterocycles. The number of hydrogen-bond acceptors (Lipinski definition) is 11. The molecule has 0 unspecified atom stereocenters. The first-order chi connectivity index (χ1) is 35.3. The Hall–Kier alpha value is -8.75. The summed E-state index contributed by atoms with van der Waals surface area (Å²) in [5, 5.41) is 3.14. The molecule has 0 bridgehead atoms. The number of ether oxygens (including phenoxy) is 1. The number of fused-ring (bicyclic) bond motifs is 2. The number of benzene rings is 4. The van der Waals surface area contributed by atoms with Crippen molar-refractivity contribution in [2.24, 2.45) is 5.73 Å². The topological polar surface area (TPSA) is 204 Å². The minimum Gasteiger partial charge on any atom is -0.444 e. The van der Waals surface area contributed by atoms with Crippen LogP contribution in [0.15, 0.2) is 170 Å². The third kappa shape index (κ3) is 9.13. The van der Waals surface area contributed by atoms with Gasteiger partial charge in [-0.1, -0.05) is 84.9 Å². The highest BCUT2D eigenvalue weighted by atomic mass is 16.6. The summed E-state index contributed by atoms with van der Waals surface area (Å²) in [5.74, 6) is 2.21. The maximum Gasteiger partial charge on any atom is 0.408 e. The maximum atomic E-state index is 12.7. The van der Waals surface area contributed by atoms with Crippen molar-refractivity contribution in [2.75, 3.05) is 11.5 Å². The largest absolute Gasteiger partial charge is 0.444 e. The number of nitrogen functional groups attached to an aromatic ring is 2. The number of carbonyl (C=O) groups is 1. The lowest BCUT2D eigenvalue weighted by Crippen LogP contribution is -2.52. The lowest BCUT2D eigenvalue weighted by molar-refractivity contribution is 0.0377. The third-order valence-electron chi connectivity index (χ3n) is 13.9. The van der Waals surface area contributed by atoms with Crippen molar-refractivity contribution < 1.29 is 9.53 Å². The highest BCUT2D eigenvalue weighted by Crippen LogP contribution is 2.43. The Balaban J connectivity index is 0.000000160. The van der Waals surface area contributed by atoms with Crippen LogP contribution >= 0.6 is 0 Å². The summed E-state index contributed by atoms with van der Waals surface area (Å²) >= 11 is 0. The number of nitrogens with two attached hydrogens (primary N) is 3. The molecule has 4 aromatic carbocycles. The molecular formula is C59H56N12O2. The number of amides is 1. The van der Waals surface area contributed by atoms with Gasteiger partial charge in [0, 0.05) is 40.4 Å². The van der Waals surface area contributed by atoms with Gasteiger partial charge in [-0.25, -0.2) is 34.7 Å². The third-order valence-corrected chi connectivity index (χ3v) is 13.9. The van der Waals surface area contributed by atoms with E-state index in [9.17, 15) is 4.79 Å². The summed E-state index contributed by atoms with van der Waals surface area (Å²) in [6.07, 6.45) is 8.95. The van der Waals surface area contributed by atoms with Gasteiger partial charge in [-0.3, -0.25) is 9.13 Å². The van der Waals surface area contributed by atoms with Gasteiger partial charge in [-0.2, -0.15) is 0 Å². The maximum absolute atomic E-state index is 12.7. The van der Waals surface area contributed by atoms with E-state index in [1.54, 1.807) is 12.4 Å². The molecule has 0 radical (unpaired) electrons. The fourth-order valence-corrected chi connectivity index (χ4v) is 9.75. The molecule has 0 atom stereocenters. The zero-order valence-corrected chi connectivity index (χ0v) is 41.0. The number of alkyl carbamates (subject to hydrolysis) is 1. The number of nitrogens with zero attached hydrogens (tertiary/aromatic N) is 8. The summed E-state index contributed by atoms with van der Waals surface area (Å²) in [4.78, 5) is 41.1. The Morgan fingerprint density at radius 3 is 1.40 bits per heavy atom. The Morgan fingerprint density at radius 1 is 0.548 bits per heavy atom. The molecule has 73 heavy (non-hydrogen) atoms. The van der Waals surface area contributed by atoms with Gasteiger partial charge in [0.2, 0.25) is 0 Å². The molecule has 2 fully saturated rings. The van der Waals surface area contributed by atoms with E-state index in [0.717, 1.165) is 105 Å². The Bertz CT molecular complexity index is 3610. The second kappa shape index (κ2) is 18.8. The second-order valence-electron chi connectivity index (χ2n) is 19.9. The van der Waals surface area contributed by atoms with E-state index in [1.807, 2.05) is 135 Å². The van der Waals surface area contributed by atoms with Crippen LogP contribution in [0.1, 0.15) is 70.4 Å². The lowest BCUT2D eigenvalue weighted by Gasteiger charge is -2.43. The summed E-state index contributed by atoms with van der Waals surface area (Å²) in [6.45, 7) is 5.61. The van der Waals surface area contributed by atoms with Crippen LogP contribution in [-0.2, 0) is 15.8 Å². The number of anilines is 2. The average molecular weight is 965 g/mol. The van der Waals surface area contributed by atoms with Crippen molar-refractivity contribution in [3.63, 3.8) is 0 Å². The fourth-order valence-electron chi connectivity index (χ4n) is 9.75. The smallest absolute Gasteiger partial charge is 0.408 e. The molecule has 2 aliphatic rings. The summed E-state index contributed by atoms with van der Waals surface area (Å²) in [5.41, 5.74) is 30.3. The van der Waals surface area contributed by atoms with Gasteiger partial charge in [0.05, 0.1) is 28.1 Å². The van der Waals surface area contributed by atoms with Crippen molar-refractivity contribution >= 4 is 40.1 Å². The molecular weight excluding hydrogens is 909 g/mol. The molecule has 0 aliphatic heterocycles. The van der Waals surface area contributed by atoms with Crippen LogP contribution < -0.4 is 22.5 Å². The SMILES string of the molecule is CC(C)(C)OC(=O)NC1(c2ccc(-n3c(-c4cccnc4N)nc4ccc(-c5ccccc5)nc43)cc2)CCC1.Nc1ncccc1-c1nc2ccc(-c3ccccc3)nc2n1-c1ccc(C2(N)CCC2)cc1. The van der Waals surface area contributed by atoms with E-state index >= 15 is 0 Å². The number of aromatic nitrogens is 8. The van der Waals surface area contributed by atoms with E-state index in [-0.39, 0.29) is 5.54 Å². The molecule has 14 heteroatoms. The van der Waals surface area contributed by atoms with E-state index in [2.05, 4.69) is 68.4 Å². The molecule has 6 heterocycles. The molecule has 0 saturated heterocycles. The Kier molecular flexibility index (Phi) is 12.0. The molecule has 364 valence electrons. The van der Waals surface area contributed by atoms with Crippen molar-refractivity contribution in [1.82, 2.24) is 44.4 Å². The zero-order chi connectivity index (χ0) is 50.3. The first kappa shape index (κ1) is 46.6. The average Bonchev–Trinajstić information content (AvgIpc) is 3.96. The van der Waals surface area contributed by atoms with Gasteiger partial charge in [0.25, 0.3) is 0 Å². The predicted octanol–water partition coefficient (Wildman–Crippen LogP) is 11.7. The first-order valence-electron chi connectivity index (χ1n) is 24.7. The number of carbonyl (C=O) groups excluding carboxylic acids is 1. The van der Waals surface area contributed by atoms with E-state index in [4.69, 9.17) is 41.9 Å². The van der Waals surface area contributed by atoms with Gasteiger partial charge in [0.15, 0.2) is 22.9 Å². The van der Waals surface area contributed by atoms with Crippen LogP contribution in [0.2, 0.25) is 0 Å². The second-order valence-corrected chi connectivity index (χ2v) is 19.9. The van der Waals surface area contributed by atoms with Crippen molar-refractivity contribution in [3.05, 3.63) is 181 Å². The molecule has 0 spiro atoms. The van der Waals surface area contributed by atoms with Gasteiger partial charge >= 0.3 is 6.09 Å². The summed E-state index contributed by atoms with van der Waals surface area (Å²) < 4.78 is 9.64. The highest BCUT2D eigenvalue weighted by Gasteiger charge is 2.41. The van der Waals surface area contributed by atoms with E-state index in [0.29, 0.717) is 23.3 Å². The van der Waals surface area contributed by atoms with E-state index in [1.165, 1.54) is 12.0 Å². The molecule has 14 nitrogen and oxygen atoms in total. The van der Waals surface area contributed by atoms with Crippen LogP contribution in [0.4, 0.5) is 16.4 Å². The minimum atomic E-state index is -0.558. The van der Waals surface area contributed by atoms with Crippen molar-refractivity contribution in [3.8, 4) is 56.7 Å². The van der Waals surface area contributed by atoms with Gasteiger partial charge < -0.3 is 27.3 Å². The van der Waals surface area contributed by atoms with Gasteiger partial charge in [-0.05, 0) is 143 Å². The zero-order valence-electron chi connectivity index (χ0n) is 41.0. The van der Waals surface area contributed by atoms with E-state index < -0.39 is 17.2 Å². The number of imidazole rings is 2. The van der Waals surface area contributed by atoms with Crippen LogP contribution in [0.5, 0.6) is 0 Å². The predicted molar refractivity (Wildman–Crippen MR) is 289 cm³/mol. The van der Waals surface area contributed by atoms with Crippen LogP contribution in [0.25, 0.3) is 79.0 Å². The molecule has 2 aliphatic carbocycles. The Morgan fingerprint density at radius 2 is 1.00 bits per heavy atom. The normalized spacial score (nSPS) is 14.6. The monoisotopic (exact) mass is 964 g/mol. The van der Waals surface area contributed by atoms with Crippen LogP contribution in [0, 0.1) is 0 Å². The summed E-state index contributed by atoms with van der Waals surface area (Å²) in [6, 6.07) is 52.4. The Labute approximate surface area is 423 Å². The number of nitrogens with one attached hydrogen (secondary N) is 1. The molecule has 1 amide bonds. The first-order valence-corrected chi connectivity index (χ1v) is 24.7. The number of rotatable bonds is 9. The molecule has 7 N–H and O–H groups in total. The quantitative estimate of drug-likeness (QED) is 0.107. The standard InChI is InChI=1S/C32H32N6O2.C27H24N6/c1-31(2,3)40-30(39)37-32(18-8-19-32)22-12-14-23(15-13-22)38-28(24-11-7-20-34-27(24)33)36-26-17-16-25(35-29(26)38)21-9-5-4-6-10-21;28-24-21(8-4-17-30-24)25-32-23-14-13-22(18-6-2-1-3-7-18)31-26(23)33(25)20-11-9-19(10-12-20)27(29)15-5-16-27/h4-7,9-17,20H,8,18-19H2,1-3H3,(H2,33,34)(H,37,39);1-4,6-14,17H,5,15-16,29H2,(H2,28,30).